The van der Waals surface area contributed by atoms with Crippen LogP contribution in [0.5, 0.6) is 0 Å². The van der Waals surface area contributed by atoms with Crippen molar-refractivity contribution in [2.75, 3.05) is 46.0 Å². The van der Waals surface area contributed by atoms with E-state index in [9.17, 15) is 0 Å². The molecule has 5 nitrogen and oxygen atoms in total. The molecule has 0 aromatic carbocycles. The van der Waals surface area contributed by atoms with Gasteiger partial charge in [0.05, 0.1) is 6.10 Å². The van der Waals surface area contributed by atoms with E-state index < -0.39 is 0 Å². The normalized spacial score (nSPS) is 28.9. The van der Waals surface area contributed by atoms with Gasteiger partial charge in [-0.05, 0) is 50.9 Å². The quantitative estimate of drug-likeness (QED) is 0.460. The lowest BCUT2D eigenvalue weighted by molar-refractivity contribution is -0.0318. The molecule has 1 saturated carbocycles. The first-order chi connectivity index (χ1) is 11.9. The molecule has 138 valence electrons. The van der Waals surface area contributed by atoms with Gasteiger partial charge in [0.2, 0.25) is 0 Å². The zero-order valence-electron chi connectivity index (χ0n) is 15.3. The van der Waals surface area contributed by atoms with Gasteiger partial charge < -0.3 is 19.7 Å². The van der Waals surface area contributed by atoms with Crippen LogP contribution < -0.4 is 5.32 Å². The minimum atomic E-state index is 0.401. The summed E-state index contributed by atoms with van der Waals surface area (Å²) < 4.78 is 11.3. The van der Waals surface area contributed by atoms with Crippen molar-refractivity contribution in [2.45, 2.75) is 58.0 Å². The van der Waals surface area contributed by atoms with Crippen LogP contribution in [-0.4, -0.2) is 63.0 Å². The maximum absolute atomic E-state index is 5.94. The molecule has 2 saturated heterocycles. The number of likely N-dealkylation sites (tertiary alicyclic amines) is 1. The number of fused-ring (bicyclic) bond motifs is 1. The maximum Gasteiger partial charge on any atom is 0.193 e. The molecular formula is C19H35N3O2. The summed E-state index contributed by atoms with van der Waals surface area (Å²) >= 11 is 0. The molecule has 0 aromatic rings. The van der Waals surface area contributed by atoms with E-state index in [2.05, 4.69) is 17.1 Å². The van der Waals surface area contributed by atoms with Gasteiger partial charge in [-0.25, -0.2) is 0 Å². The summed E-state index contributed by atoms with van der Waals surface area (Å²) in [6, 6.07) is 0. The second kappa shape index (κ2) is 9.62. The predicted molar refractivity (Wildman–Crippen MR) is 97.4 cm³/mol. The van der Waals surface area contributed by atoms with Gasteiger partial charge in [-0.15, -0.1) is 0 Å². The zero-order chi connectivity index (χ0) is 16.6. The molecule has 1 aliphatic carbocycles. The van der Waals surface area contributed by atoms with Crippen molar-refractivity contribution in [2.24, 2.45) is 16.8 Å². The van der Waals surface area contributed by atoms with Crippen LogP contribution in [0, 0.1) is 11.8 Å². The molecule has 24 heavy (non-hydrogen) atoms. The third-order valence-electron chi connectivity index (χ3n) is 5.70. The van der Waals surface area contributed by atoms with E-state index in [1.807, 2.05) is 0 Å². The standard InChI is InChI=1S/C19H35N3O2/c1-2-20-19(22-14-16-6-3-4-7-17(16)15-22)21-10-5-11-24-18-8-12-23-13-9-18/h16-18H,2-15H2,1H3,(H,20,21). The van der Waals surface area contributed by atoms with Crippen LogP contribution in [-0.2, 0) is 9.47 Å². The van der Waals surface area contributed by atoms with Gasteiger partial charge in [0.1, 0.15) is 0 Å². The Hall–Kier alpha value is -0.810. The fourth-order valence-electron chi connectivity index (χ4n) is 4.35. The molecule has 0 bridgehead atoms. The van der Waals surface area contributed by atoms with Crippen LogP contribution in [0.1, 0.15) is 51.9 Å². The van der Waals surface area contributed by atoms with Crippen LogP contribution in [0.2, 0.25) is 0 Å². The average molecular weight is 338 g/mol. The molecular weight excluding hydrogens is 302 g/mol. The van der Waals surface area contributed by atoms with Gasteiger partial charge in [-0.2, -0.15) is 0 Å². The first-order valence-corrected chi connectivity index (χ1v) is 10.1. The highest BCUT2D eigenvalue weighted by atomic mass is 16.5. The molecule has 0 aromatic heterocycles. The lowest BCUT2D eigenvalue weighted by Gasteiger charge is -2.23. The maximum atomic E-state index is 5.94. The number of nitrogens with one attached hydrogen (secondary N) is 1. The lowest BCUT2D eigenvalue weighted by atomic mass is 9.82. The molecule has 2 atom stereocenters. The van der Waals surface area contributed by atoms with E-state index in [-0.39, 0.29) is 0 Å². The monoisotopic (exact) mass is 337 g/mol. The summed E-state index contributed by atoms with van der Waals surface area (Å²) in [5, 5.41) is 3.49. The molecule has 2 aliphatic heterocycles. The summed E-state index contributed by atoms with van der Waals surface area (Å²) in [6.07, 6.45) is 9.17. The summed E-state index contributed by atoms with van der Waals surface area (Å²) in [7, 11) is 0. The zero-order valence-corrected chi connectivity index (χ0v) is 15.3. The summed E-state index contributed by atoms with van der Waals surface area (Å²) in [6.45, 7) is 8.89. The Morgan fingerprint density at radius 1 is 1.12 bits per heavy atom. The van der Waals surface area contributed by atoms with Crippen molar-refractivity contribution in [1.82, 2.24) is 10.2 Å². The Labute approximate surface area is 147 Å². The molecule has 3 rings (SSSR count). The molecule has 2 unspecified atom stereocenters. The first kappa shape index (κ1) is 18.0. The highest BCUT2D eigenvalue weighted by Crippen LogP contribution is 2.35. The smallest absolute Gasteiger partial charge is 0.193 e. The van der Waals surface area contributed by atoms with Crippen molar-refractivity contribution in [3.63, 3.8) is 0 Å². The Morgan fingerprint density at radius 2 is 1.83 bits per heavy atom. The summed E-state index contributed by atoms with van der Waals surface area (Å²) in [4.78, 5) is 7.37. The molecule has 0 radical (unpaired) electrons. The van der Waals surface area contributed by atoms with Crippen LogP contribution in [0.15, 0.2) is 4.99 Å². The van der Waals surface area contributed by atoms with Crippen LogP contribution in [0.3, 0.4) is 0 Å². The van der Waals surface area contributed by atoms with Gasteiger partial charge in [0.25, 0.3) is 0 Å². The second-order valence-electron chi connectivity index (χ2n) is 7.48. The van der Waals surface area contributed by atoms with Gasteiger partial charge in [-0.1, -0.05) is 12.8 Å². The molecule has 2 heterocycles. The third-order valence-corrected chi connectivity index (χ3v) is 5.70. The fourth-order valence-corrected chi connectivity index (χ4v) is 4.35. The average Bonchev–Trinajstić information content (AvgIpc) is 3.05. The number of hydrogen-bond acceptors (Lipinski definition) is 3. The largest absolute Gasteiger partial charge is 0.381 e. The van der Waals surface area contributed by atoms with E-state index in [1.165, 1.54) is 38.8 Å². The van der Waals surface area contributed by atoms with Gasteiger partial charge in [0, 0.05) is 46.0 Å². The van der Waals surface area contributed by atoms with Crippen molar-refractivity contribution < 1.29 is 9.47 Å². The van der Waals surface area contributed by atoms with Crippen LogP contribution in [0.4, 0.5) is 0 Å². The Bertz CT molecular complexity index is 382. The number of ether oxygens (including phenoxy) is 2. The molecule has 3 aliphatic rings. The topological polar surface area (TPSA) is 46.1 Å². The molecule has 5 heteroatoms. The number of guanidine groups is 1. The van der Waals surface area contributed by atoms with Gasteiger partial charge in [0.15, 0.2) is 5.96 Å². The number of hydrogen-bond donors (Lipinski definition) is 1. The van der Waals surface area contributed by atoms with E-state index in [4.69, 9.17) is 14.5 Å². The highest BCUT2D eigenvalue weighted by Gasteiger charge is 2.35. The third kappa shape index (κ3) is 5.09. The van der Waals surface area contributed by atoms with Crippen LogP contribution >= 0.6 is 0 Å². The molecule has 0 amide bonds. The highest BCUT2D eigenvalue weighted by molar-refractivity contribution is 5.80. The van der Waals surface area contributed by atoms with Crippen molar-refractivity contribution in [3.05, 3.63) is 0 Å². The van der Waals surface area contributed by atoms with E-state index in [0.717, 1.165) is 70.0 Å². The van der Waals surface area contributed by atoms with Gasteiger partial charge >= 0.3 is 0 Å². The Morgan fingerprint density at radius 3 is 2.50 bits per heavy atom. The first-order valence-electron chi connectivity index (χ1n) is 10.1. The lowest BCUT2D eigenvalue weighted by Crippen LogP contribution is -2.40. The number of rotatable bonds is 6. The van der Waals surface area contributed by atoms with E-state index in [0.29, 0.717) is 6.10 Å². The molecule has 1 N–H and O–H groups in total. The Balaban J connectivity index is 1.40. The van der Waals surface area contributed by atoms with Crippen LogP contribution in [0.25, 0.3) is 0 Å². The number of nitrogens with zero attached hydrogens (tertiary/aromatic N) is 2. The SMILES string of the molecule is CCNC(=NCCCOC1CCOCC1)N1CC2CCCCC2C1. The minimum absolute atomic E-state index is 0.401. The van der Waals surface area contributed by atoms with Gasteiger partial charge in [-0.3, -0.25) is 4.99 Å². The summed E-state index contributed by atoms with van der Waals surface area (Å²) in [5.41, 5.74) is 0. The minimum Gasteiger partial charge on any atom is -0.381 e. The Kier molecular flexibility index (Phi) is 7.21. The van der Waals surface area contributed by atoms with Crippen molar-refractivity contribution in [3.8, 4) is 0 Å². The van der Waals surface area contributed by atoms with Crippen molar-refractivity contribution >= 4 is 5.96 Å². The molecule has 3 fully saturated rings. The van der Waals surface area contributed by atoms with E-state index in [1.54, 1.807) is 0 Å². The summed E-state index contributed by atoms with van der Waals surface area (Å²) in [5.74, 6) is 2.93. The van der Waals surface area contributed by atoms with Crippen molar-refractivity contribution in [1.29, 1.82) is 0 Å². The molecule has 0 spiro atoms. The predicted octanol–water partition coefficient (Wildman–Crippen LogP) is 2.66. The number of aliphatic imine (C=N–C) groups is 1. The second-order valence-corrected chi connectivity index (χ2v) is 7.48. The van der Waals surface area contributed by atoms with E-state index >= 15 is 0 Å². The fraction of sp³-hybridized carbons (Fsp3) is 0.947.